The molecule has 1 heterocycles. The standard InChI is InChI=1S/C18H23BrN2O2/c19-16-7-5-14(6-8-16)18(23)20-11-17(22)21-10-9-13-3-1-2-4-15(13)12-21/h5-8,13,15H,1-4,9-12H2,(H,20,23)/t13-,15-/m1/s1. The van der Waals surface area contributed by atoms with Crippen molar-refractivity contribution >= 4 is 27.7 Å². The maximum Gasteiger partial charge on any atom is 0.251 e. The number of nitrogens with zero attached hydrogens (tertiary/aromatic N) is 1. The molecule has 0 bridgehead atoms. The van der Waals surface area contributed by atoms with Crippen LogP contribution < -0.4 is 5.32 Å². The molecule has 0 spiro atoms. The van der Waals surface area contributed by atoms with E-state index < -0.39 is 0 Å². The first-order chi connectivity index (χ1) is 11.1. The van der Waals surface area contributed by atoms with Crippen LogP contribution >= 0.6 is 15.9 Å². The Morgan fingerprint density at radius 1 is 1.09 bits per heavy atom. The molecule has 1 saturated heterocycles. The summed E-state index contributed by atoms with van der Waals surface area (Å²) in [6, 6.07) is 7.14. The second-order valence-corrected chi connectivity index (χ2v) is 7.54. The van der Waals surface area contributed by atoms with Gasteiger partial charge in [-0.1, -0.05) is 35.2 Å². The molecule has 124 valence electrons. The number of hydrogen-bond donors (Lipinski definition) is 1. The number of amides is 2. The van der Waals surface area contributed by atoms with Crippen molar-refractivity contribution in [3.63, 3.8) is 0 Å². The summed E-state index contributed by atoms with van der Waals surface area (Å²) in [5.74, 6) is 1.33. The third-order valence-electron chi connectivity index (χ3n) is 5.15. The maximum absolute atomic E-state index is 12.4. The quantitative estimate of drug-likeness (QED) is 0.877. The number of benzene rings is 1. The minimum Gasteiger partial charge on any atom is -0.343 e. The molecule has 2 amide bonds. The van der Waals surface area contributed by atoms with Gasteiger partial charge in [0.25, 0.3) is 5.91 Å². The van der Waals surface area contributed by atoms with E-state index in [1.54, 1.807) is 12.1 Å². The number of halogens is 1. The monoisotopic (exact) mass is 378 g/mol. The Bertz CT molecular complexity index is 573. The van der Waals surface area contributed by atoms with Gasteiger partial charge >= 0.3 is 0 Å². The molecule has 2 atom stereocenters. The first kappa shape index (κ1) is 16.5. The van der Waals surface area contributed by atoms with Gasteiger partial charge in [-0.05, 0) is 48.9 Å². The lowest BCUT2D eigenvalue weighted by atomic mass is 9.75. The van der Waals surface area contributed by atoms with Gasteiger partial charge in [-0.25, -0.2) is 0 Å². The summed E-state index contributed by atoms with van der Waals surface area (Å²) < 4.78 is 0.931. The fraction of sp³-hybridized carbons (Fsp3) is 0.556. The Morgan fingerprint density at radius 2 is 1.78 bits per heavy atom. The van der Waals surface area contributed by atoms with Gasteiger partial charge in [-0.2, -0.15) is 0 Å². The summed E-state index contributed by atoms with van der Waals surface area (Å²) >= 11 is 3.34. The number of hydrogen-bond acceptors (Lipinski definition) is 2. The van der Waals surface area contributed by atoms with E-state index in [9.17, 15) is 9.59 Å². The highest BCUT2D eigenvalue weighted by Crippen LogP contribution is 2.35. The van der Waals surface area contributed by atoms with E-state index in [2.05, 4.69) is 21.2 Å². The summed E-state index contributed by atoms with van der Waals surface area (Å²) in [6.45, 7) is 1.80. The van der Waals surface area contributed by atoms with E-state index in [0.29, 0.717) is 11.5 Å². The minimum absolute atomic E-state index is 0.0412. The predicted molar refractivity (Wildman–Crippen MR) is 93.1 cm³/mol. The molecule has 0 radical (unpaired) electrons. The van der Waals surface area contributed by atoms with Gasteiger partial charge in [-0.3, -0.25) is 9.59 Å². The molecular formula is C18H23BrN2O2. The summed E-state index contributed by atoms with van der Waals surface area (Å²) in [5.41, 5.74) is 0.576. The van der Waals surface area contributed by atoms with Crippen molar-refractivity contribution < 1.29 is 9.59 Å². The van der Waals surface area contributed by atoms with Crippen LogP contribution in [-0.4, -0.2) is 36.3 Å². The van der Waals surface area contributed by atoms with Crippen molar-refractivity contribution in [2.24, 2.45) is 11.8 Å². The second-order valence-electron chi connectivity index (χ2n) is 6.62. The van der Waals surface area contributed by atoms with Gasteiger partial charge in [0.1, 0.15) is 0 Å². The zero-order valence-electron chi connectivity index (χ0n) is 13.3. The van der Waals surface area contributed by atoms with Crippen molar-refractivity contribution in [3.05, 3.63) is 34.3 Å². The Balaban J connectivity index is 1.49. The van der Waals surface area contributed by atoms with E-state index >= 15 is 0 Å². The van der Waals surface area contributed by atoms with Crippen molar-refractivity contribution in [1.82, 2.24) is 10.2 Å². The molecule has 1 aliphatic carbocycles. The number of rotatable bonds is 3. The van der Waals surface area contributed by atoms with Crippen LogP contribution in [0, 0.1) is 11.8 Å². The Kier molecular flexibility index (Phi) is 5.36. The first-order valence-corrected chi connectivity index (χ1v) is 9.24. The molecule has 4 nitrogen and oxygen atoms in total. The highest BCUT2D eigenvalue weighted by molar-refractivity contribution is 9.10. The Hall–Kier alpha value is -1.36. The average molecular weight is 379 g/mol. The van der Waals surface area contributed by atoms with E-state index in [1.807, 2.05) is 17.0 Å². The molecule has 1 aliphatic heterocycles. The number of nitrogens with one attached hydrogen (secondary N) is 1. The average Bonchev–Trinajstić information content (AvgIpc) is 2.59. The summed E-state index contributed by atoms with van der Waals surface area (Å²) in [4.78, 5) is 26.4. The SMILES string of the molecule is O=C(NCC(=O)N1CC[C@H]2CCCC[C@@H]2C1)c1ccc(Br)cc1. The van der Waals surface area contributed by atoms with Gasteiger partial charge in [0.15, 0.2) is 0 Å². The summed E-state index contributed by atoms with van der Waals surface area (Å²) in [5, 5.41) is 2.74. The number of carbonyl (C=O) groups excluding carboxylic acids is 2. The van der Waals surface area contributed by atoms with Crippen LogP contribution in [0.2, 0.25) is 0 Å². The Morgan fingerprint density at radius 3 is 2.52 bits per heavy atom. The molecule has 1 saturated carbocycles. The van der Waals surface area contributed by atoms with E-state index in [4.69, 9.17) is 0 Å². The number of likely N-dealkylation sites (tertiary alicyclic amines) is 1. The molecule has 2 fully saturated rings. The molecule has 1 aromatic carbocycles. The van der Waals surface area contributed by atoms with E-state index in [-0.39, 0.29) is 18.4 Å². The fourth-order valence-electron chi connectivity index (χ4n) is 3.80. The molecule has 5 heteroatoms. The zero-order valence-corrected chi connectivity index (χ0v) is 14.8. The lowest BCUT2D eigenvalue weighted by Gasteiger charge is -2.41. The summed E-state index contributed by atoms with van der Waals surface area (Å²) in [7, 11) is 0. The molecule has 1 aromatic rings. The van der Waals surface area contributed by atoms with Gasteiger partial charge < -0.3 is 10.2 Å². The molecule has 0 aromatic heterocycles. The lowest BCUT2D eigenvalue weighted by molar-refractivity contribution is -0.133. The first-order valence-electron chi connectivity index (χ1n) is 8.45. The minimum atomic E-state index is -0.196. The van der Waals surface area contributed by atoms with Crippen LogP contribution in [0.3, 0.4) is 0 Å². The fourth-order valence-corrected chi connectivity index (χ4v) is 4.06. The number of carbonyl (C=O) groups is 2. The van der Waals surface area contributed by atoms with Crippen LogP contribution in [0.1, 0.15) is 42.5 Å². The normalized spacial score (nSPS) is 24.0. The number of piperidine rings is 1. The second kappa shape index (κ2) is 7.47. The molecule has 23 heavy (non-hydrogen) atoms. The lowest BCUT2D eigenvalue weighted by Crippen LogP contribution is -2.48. The van der Waals surface area contributed by atoms with Crippen LogP contribution in [-0.2, 0) is 4.79 Å². The third kappa shape index (κ3) is 4.14. The molecule has 2 aliphatic rings. The summed E-state index contributed by atoms with van der Waals surface area (Å²) in [6.07, 6.45) is 6.34. The van der Waals surface area contributed by atoms with Crippen LogP contribution in [0.15, 0.2) is 28.7 Å². The third-order valence-corrected chi connectivity index (χ3v) is 5.68. The molecule has 3 rings (SSSR count). The van der Waals surface area contributed by atoms with Crippen LogP contribution in [0.25, 0.3) is 0 Å². The van der Waals surface area contributed by atoms with Gasteiger partial charge in [-0.15, -0.1) is 0 Å². The largest absolute Gasteiger partial charge is 0.343 e. The topological polar surface area (TPSA) is 49.4 Å². The predicted octanol–water partition coefficient (Wildman–Crippen LogP) is 3.22. The number of fused-ring (bicyclic) bond motifs is 1. The highest BCUT2D eigenvalue weighted by Gasteiger charge is 2.32. The van der Waals surface area contributed by atoms with Crippen LogP contribution in [0.4, 0.5) is 0 Å². The zero-order chi connectivity index (χ0) is 16.2. The van der Waals surface area contributed by atoms with Gasteiger partial charge in [0, 0.05) is 23.1 Å². The highest BCUT2D eigenvalue weighted by atomic mass is 79.9. The van der Waals surface area contributed by atoms with E-state index in [0.717, 1.165) is 29.9 Å². The van der Waals surface area contributed by atoms with Crippen molar-refractivity contribution in [2.75, 3.05) is 19.6 Å². The molecule has 1 N–H and O–H groups in total. The van der Waals surface area contributed by atoms with Crippen molar-refractivity contribution in [1.29, 1.82) is 0 Å². The van der Waals surface area contributed by atoms with E-state index in [1.165, 1.54) is 25.7 Å². The van der Waals surface area contributed by atoms with Gasteiger partial charge in [0.05, 0.1) is 6.54 Å². The van der Waals surface area contributed by atoms with Crippen LogP contribution in [0.5, 0.6) is 0 Å². The maximum atomic E-state index is 12.4. The van der Waals surface area contributed by atoms with Crippen molar-refractivity contribution in [2.45, 2.75) is 32.1 Å². The molecule has 0 unspecified atom stereocenters. The molecular weight excluding hydrogens is 356 g/mol. The van der Waals surface area contributed by atoms with Gasteiger partial charge in [0.2, 0.25) is 5.91 Å². The Labute approximate surface area is 145 Å². The van der Waals surface area contributed by atoms with Crippen molar-refractivity contribution in [3.8, 4) is 0 Å². The smallest absolute Gasteiger partial charge is 0.251 e.